The molecule has 2 heterocycles. The molecule has 0 saturated carbocycles. The third kappa shape index (κ3) is 4.55. The van der Waals surface area contributed by atoms with Crippen LogP contribution in [-0.4, -0.2) is 59.7 Å². The van der Waals surface area contributed by atoms with Gasteiger partial charge in [-0.15, -0.1) is 0 Å². The van der Waals surface area contributed by atoms with E-state index in [4.69, 9.17) is 5.73 Å². The molecular weight excluding hydrogens is 287 g/mol. The third-order valence-corrected chi connectivity index (χ3v) is 3.19. The average Bonchev–Trinajstić information content (AvgIpc) is 2.62. The van der Waals surface area contributed by atoms with E-state index in [1.165, 1.54) is 17.3 Å². The standard InChI is InChI=1S/C12H16F3N5O/c13-12(14,15)8-19-2-1-3-20(5-4-19)10-7-17-6-9(18-10)11(16)21/h6-7H,1-5,8H2,(H2,16,21). The van der Waals surface area contributed by atoms with Crippen LogP contribution in [0.4, 0.5) is 19.0 Å². The molecule has 0 radical (unpaired) electrons. The average molecular weight is 303 g/mol. The fourth-order valence-electron chi connectivity index (χ4n) is 2.24. The highest BCUT2D eigenvalue weighted by Gasteiger charge is 2.31. The highest BCUT2D eigenvalue weighted by atomic mass is 19.4. The first-order valence-corrected chi connectivity index (χ1v) is 6.51. The summed E-state index contributed by atoms with van der Waals surface area (Å²) in [6.07, 6.45) is -0.870. The van der Waals surface area contributed by atoms with Crippen LogP contribution >= 0.6 is 0 Å². The third-order valence-electron chi connectivity index (χ3n) is 3.19. The first-order chi connectivity index (χ1) is 9.85. The zero-order valence-corrected chi connectivity index (χ0v) is 11.3. The van der Waals surface area contributed by atoms with Crippen LogP contribution in [0.25, 0.3) is 0 Å². The quantitative estimate of drug-likeness (QED) is 0.887. The van der Waals surface area contributed by atoms with Crippen molar-refractivity contribution in [2.24, 2.45) is 5.73 Å². The Hall–Kier alpha value is -1.90. The number of alkyl halides is 3. The fraction of sp³-hybridized carbons (Fsp3) is 0.583. The number of aromatic nitrogens is 2. The van der Waals surface area contributed by atoms with Gasteiger partial charge in [0.2, 0.25) is 0 Å². The van der Waals surface area contributed by atoms with E-state index < -0.39 is 18.6 Å². The number of primary amides is 1. The zero-order chi connectivity index (χ0) is 15.5. The molecule has 1 aliphatic rings. The molecule has 1 saturated heterocycles. The van der Waals surface area contributed by atoms with Crippen LogP contribution in [0.3, 0.4) is 0 Å². The van der Waals surface area contributed by atoms with Gasteiger partial charge < -0.3 is 10.6 Å². The van der Waals surface area contributed by atoms with E-state index in [-0.39, 0.29) is 12.2 Å². The molecule has 1 fully saturated rings. The summed E-state index contributed by atoms with van der Waals surface area (Å²) >= 11 is 0. The zero-order valence-electron chi connectivity index (χ0n) is 11.3. The molecule has 0 spiro atoms. The van der Waals surface area contributed by atoms with Crippen LogP contribution in [-0.2, 0) is 0 Å². The van der Waals surface area contributed by atoms with Gasteiger partial charge >= 0.3 is 6.18 Å². The fourth-order valence-corrected chi connectivity index (χ4v) is 2.24. The van der Waals surface area contributed by atoms with Gasteiger partial charge in [0.25, 0.3) is 5.91 Å². The molecule has 1 aromatic rings. The molecule has 1 aliphatic heterocycles. The second-order valence-corrected chi connectivity index (χ2v) is 4.86. The van der Waals surface area contributed by atoms with E-state index in [0.29, 0.717) is 31.9 Å². The monoisotopic (exact) mass is 303 g/mol. The smallest absolute Gasteiger partial charge is 0.364 e. The summed E-state index contributed by atoms with van der Waals surface area (Å²) < 4.78 is 37.2. The molecule has 2 N–H and O–H groups in total. The van der Waals surface area contributed by atoms with Gasteiger partial charge in [-0.05, 0) is 6.42 Å². The van der Waals surface area contributed by atoms with E-state index in [1.54, 1.807) is 0 Å². The highest BCUT2D eigenvalue weighted by Crippen LogP contribution is 2.19. The number of rotatable bonds is 3. The molecular formula is C12H16F3N5O. The number of nitrogens with two attached hydrogens (primary N) is 1. The Morgan fingerprint density at radius 3 is 2.67 bits per heavy atom. The van der Waals surface area contributed by atoms with Crippen LogP contribution in [0, 0.1) is 0 Å². The minimum absolute atomic E-state index is 0.0453. The van der Waals surface area contributed by atoms with E-state index in [9.17, 15) is 18.0 Å². The van der Waals surface area contributed by atoms with Gasteiger partial charge in [0.1, 0.15) is 11.5 Å². The van der Waals surface area contributed by atoms with Gasteiger partial charge in [-0.2, -0.15) is 13.2 Å². The molecule has 21 heavy (non-hydrogen) atoms. The first-order valence-electron chi connectivity index (χ1n) is 6.51. The Morgan fingerprint density at radius 2 is 2.00 bits per heavy atom. The summed E-state index contributed by atoms with van der Waals surface area (Å²) in [4.78, 5) is 22.2. The van der Waals surface area contributed by atoms with Gasteiger partial charge in [0.15, 0.2) is 0 Å². The molecule has 0 bridgehead atoms. The summed E-state index contributed by atoms with van der Waals surface area (Å²) in [6.45, 7) is 0.701. The maximum Gasteiger partial charge on any atom is 0.401 e. The SMILES string of the molecule is NC(=O)c1cncc(N2CCCN(CC(F)(F)F)CC2)n1. The number of hydrogen-bond acceptors (Lipinski definition) is 5. The number of nitrogens with zero attached hydrogens (tertiary/aromatic N) is 4. The number of amides is 1. The second-order valence-electron chi connectivity index (χ2n) is 4.86. The van der Waals surface area contributed by atoms with Gasteiger partial charge in [0.05, 0.1) is 18.9 Å². The van der Waals surface area contributed by atoms with Crippen molar-refractivity contribution in [2.75, 3.05) is 37.6 Å². The lowest BCUT2D eigenvalue weighted by atomic mass is 10.3. The number of carbonyl (C=O) groups is 1. The Labute approximate surface area is 119 Å². The molecule has 1 aromatic heterocycles. The summed E-state index contributed by atoms with van der Waals surface area (Å²) in [5.41, 5.74) is 5.19. The van der Waals surface area contributed by atoms with E-state index >= 15 is 0 Å². The Bertz CT molecular complexity index is 508. The van der Waals surface area contributed by atoms with Crippen molar-refractivity contribution >= 4 is 11.7 Å². The van der Waals surface area contributed by atoms with Crippen LogP contribution in [0.15, 0.2) is 12.4 Å². The summed E-state index contributed by atoms with van der Waals surface area (Å²) in [7, 11) is 0. The molecule has 1 amide bonds. The van der Waals surface area contributed by atoms with Crippen molar-refractivity contribution in [3.8, 4) is 0 Å². The van der Waals surface area contributed by atoms with Gasteiger partial charge in [0, 0.05) is 26.2 Å². The van der Waals surface area contributed by atoms with E-state index in [2.05, 4.69) is 9.97 Å². The van der Waals surface area contributed by atoms with E-state index in [0.717, 1.165) is 0 Å². The van der Waals surface area contributed by atoms with Crippen molar-refractivity contribution < 1.29 is 18.0 Å². The topological polar surface area (TPSA) is 75.4 Å². The van der Waals surface area contributed by atoms with Crippen LogP contribution in [0.2, 0.25) is 0 Å². The second kappa shape index (κ2) is 6.25. The minimum Gasteiger partial charge on any atom is -0.364 e. The predicted molar refractivity (Wildman–Crippen MR) is 69.9 cm³/mol. The van der Waals surface area contributed by atoms with E-state index in [1.807, 2.05) is 4.90 Å². The van der Waals surface area contributed by atoms with Gasteiger partial charge in [-0.1, -0.05) is 0 Å². The highest BCUT2D eigenvalue weighted by molar-refractivity contribution is 5.90. The Kier molecular flexibility index (Phi) is 4.61. The number of anilines is 1. The van der Waals surface area contributed by atoms with Crippen molar-refractivity contribution in [3.05, 3.63) is 18.1 Å². The van der Waals surface area contributed by atoms with Crippen molar-refractivity contribution in [2.45, 2.75) is 12.6 Å². The normalized spacial score (nSPS) is 17.6. The lowest BCUT2D eigenvalue weighted by molar-refractivity contribution is -0.145. The molecule has 6 nitrogen and oxygen atoms in total. The predicted octanol–water partition coefficient (Wildman–Crippen LogP) is 0.650. The molecule has 9 heteroatoms. The molecule has 0 aliphatic carbocycles. The first kappa shape index (κ1) is 15.5. The molecule has 0 unspecified atom stereocenters. The minimum atomic E-state index is -4.19. The molecule has 116 valence electrons. The van der Waals surface area contributed by atoms with Gasteiger partial charge in [-0.3, -0.25) is 14.7 Å². The Morgan fingerprint density at radius 1 is 1.24 bits per heavy atom. The molecule has 0 aromatic carbocycles. The van der Waals surface area contributed by atoms with Crippen LogP contribution < -0.4 is 10.6 Å². The molecule has 2 rings (SSSR count). The lowest BCUT2D eigenvalue weighted by Crippen LogP contribution is -2.37. The summed E-state index contributed by atoms with van der Waals surface area (Å²) in [6, 6.07) is 0. The van der Waals surface area contributed by atoms with Crippen molar-refractivity contribution in [3.63, 3.8) is 0 Å². The Balaban J connectivity index is 2.03. The summed E-state index contributed by atoms with van der Waals surface area (Å²) in [5, 5.41) is 0. The largest absolute Gasteiger partial charge is 0.401 e. The maximum absolute atomic E-state index is 12.4. The van der Waals surface area contributed by atoms with Crippen LogP contribution in [0.5, 0.6) is 0 Å². The number of halogens is 3. The van der Waals surface area contributed by atoms with Gasteiger partial charge in [-0.25, -0.2) is 4.98 Å². The summed E-state index contributed by atoms with van der Waals surface area (Å²) in [5.74, 6) is -0.224. The maximum atomic E-state index is 12.4. The molecule has 0 atom stereocenters. The number of hydrogen-bond donors (Lipinski definition) is 1. The van der Waals surface area contributed by atoms with Crippen molar-refractivity contribution in [1.29, 1.82) is 0 Å². The van der Waals surface area contributed by atoms with Crippen LogP contribution in [0.1, 0.15) is 16.9 Å². The van der Waals surface area contributed by atoms with Crippen molar-refractivity contribution in [1.82, 2.24) is 14.9 Å². The lowest BCUT2D eigenvalue weighted by Gasteiger charge is -2.23. The number of carbonyl (C=O) groups excluding carboxylic acids is 1.